The van der Waals surface area contributed by atoms with Crippen molar-refractivity contribution < 1.29 is 4.79 Å². The van der Waals surface area contributed by atoms with Crippen molar-refractivity contribution in [2.24, 2.45) is 5.73 Å². The van der Waals surface area contributed by atoms with Gasteiger partial charge in [0.15, 0.2) is 0 Å². The van der Waals surface area contributed by atoms with Gasteiger partial charge in [-0.2, -0.15) is 0 Å². The first-order valence-electron chi connectivity index (χ1n) is 6.36. The van der Waals surface area contributed by atoms with Crippen molar-refractivity contribution in [3.63, 3.8) is 0 Å². The molecule has 0 fully saturated rings. The van der Waals surface area contributed by atoms with Gasteiger partial charge >= 0.3 is 0 Å². The molecule has 1 aromatic heterocycles. The van der Waals surface area contributed by atoms with E-state index in [4.69, 9.17) is 5.73 Å². The predicted octanol–water partition coefficient (Wildman–Crippen LogP) is 1.71. The normalized spacial score (nSPS) is 11.5. The summed E-state index contributed by atoms with van der Waals surface area (Å²) >= 11 is 0. The Morgan fingerprint density at radius 1 is 1.37 bits per heavy atom. The molecule has 0 aliphatic carbocycles. The van der Waals surface area contributed by atoms with Crippen LogP contribution in [0, 0.1) is 0 Å². The number of carbonyl (C=O) groups excluding carboxylic acids is 1. The van der Waals surface area contributed by atoms with Crippen LogP contribution in [0.3, 0.4) is 0 Å². The van der Waals surface area contributed by atoms with Crippen molar-refractivity contribution in [1.82, 2.24) is 9.97 Å². The summed E-state index contributed by atoms with van der Waals surface area (Å²) in [6.45, 7) is 7.99. The average molecular weight is 265 g/mol. The van der Waals surface area contributed by atoms with Crippen molar-refractivity contribution in [3.05, 3.63) is 11.9 Å². The van der Waals surface area contributed by atoms with E-state index >= 15 is 0 Å². The maximum atomic E-state index is 11.1. The number of amides is 1. The van der Waals surface area contributed by atoms with Crippen LogP contribution < -0.4 is 16.4 Å². The first-order valence-corrected chi connectivity index (χ1v) is 6.36. The monoisotopic (exact) mass is 265 g/mol. The van der Waals surface area contributed by atoms with E-state index in [2.05, 4.69) is 34.4 Å². The maximum absolute atomic E-state index is 11.1. The zero-order chi connectivity index (χ0) is 14.6. The minimum atomic E-state index is -0.450. The van der Waals surface area contributed by atoms with Crippen molar-refractivity contribution in [1.29, 1.82) is 0 Å². The molecule has 1 heterocycles. The Hall–Kier alpha value is -1.85. The van der Waals surface area contributed by atoms with Gasteiger partial charge in [-0.15, -0.1) is 0 Å². The molecule has 0 bridgehead atoms. The molecular weight excluding hydrogens is 242 g/mol. The van der Waals surface area contributed by atoms with E-state index in [9.17, 15) is 4.79 Å². The second-order valence-electron chi connectivity index (χ2n) is 5.54. The molecule has 0 atom stereocenters. The van der Waals surface area contributed by atoms with E-state index in [1.807, 2.05) is 20.9 Å². The minimum absolute atomic E-state index is 0.240. The van der Waals surface area contributed by atoms with Crippen LogP contribution in [0.1, 0.15) is 45.6 Å². The Morgan fingerprint density at radius 3 is 2.42 bits per heavy atom. The number of hydrogen-bond acceptors (Lipinski definition) is 5. The fraction of sp³-hybridized carbons (Fsp3) is 0.615. The number of nitrogens with two attached hydrogens (primary N) is 1. The lowest BCUT2D eigenvalue weighted by molar-refractivity contribution is -0.118. The molecule has 0 aliphatic heterocycles. The van der Waals surface area contributed by atoms with Gasteiger partial charge in [-0.05, 0) is 19.8 Å². The third-order valence-corrected chi connectivity index (χ3v) is 2.77. The SMILES string of the molecule is CNc1ncnc(NC(C)(C)CC(N)=O)c1C(C)C. The highest BCUT2D eigenvalue weighted by atomic mass is 16.1. The molecule has 6 heteroatoms. The number of primary amides is 1. The summed E-state index contributed by atoms with van der Waals surface area (Å²) in [4.78, 5) is 19.6. The molecule has 106 valence electrons. The molecule has 0 unspecified atom stereocenters. The number of nitrogens with one attached hydrogen (secondary N) is 2. The van der Waals surface area contributed by atoms with Gasteiger partial charge in [0.25, 0.3) is 0 Å². The Morgan fingerprint density at radius 2 is 1.95 bits per heavy atom. The topological polar surface area (TPSA) is 92.9 Å². The van der Waals surface area contributed by atoms with Gasteiger partial charge in [-0.3, -0.25) is 4.79 Å². The van der Waals surface area contributed by atoms with Crippen LogP contribution in [0.15, 0.2) is 6.33 Å². The average Bonchev–Trinajstić information content (AvgIpc) is 2.25. The lowest BCUT2D eigenvalue weighted by Gasteiger charge is -2.28. The van der Waals surface area contributed by atoms with E-state index in [1.165, 1.54) is 6.33 Å². The molecule has 0 saturated heterocycles. The van der Waals surface area contributed by atoms with Gasteiger partial charge in [0.2, 0.25) is 5.91 Å². The van der Waals surface area contributed by atoms with Crippen LogP contribution >= 0.6 is 0 Å². The summed E-state index contributed by atoms with van der Waals surface area (Å²) in [7, 11) is 1.83. The Kier molecular flexibility index (Phi) is 4.69. The summed E-state index contributed by atoms with van der Waals surface area (Å²) in [5.74, 6) is 1.45. The van der Waals surface area contributed by atoms with Crippen LogP contribution in [0.25, 0.3) is 0 Å². The van der Waals surface area contributed by atoms with Crippen molar-refractivity contribution in [2.45, 2.75) is 45.6 Å². The lowest BCUT2D eigenvalue weighted by atomic mass is 9.98. The summed E-state index contributed by atoms with van der Waals surface area (Å²) in [5, 5.41) is 6.34. The first-order chi connectivity index (χ1) is 8.76. The molecule has 0 aromatic carbocycles. The van der Waals surface area contributed by atoms with E-state index < -0.39 is 5.54 Å². The standard InChI is InChI=1S/C13H23N5O/c1-8(2)10-11(15-5)16-7-17-12(10)18-13(3,4)6-9(14)19/h7-8H,6H2,1-5H3,(H2,14,19)(H2,15,16,17,18). The Balaban J connectivity index is 3.10. The zero-order valence-electron chi connectivity index (χ0n) is 12.2. The highest BCUT2D eigenvalue weighted by Crippen LogP contribution is 2.30. The van der Waals surface area contributed by atoms with Gasteiger partial charge in [0, 0.05) is 24.6 Å². The van der Waals surface area contributed by atoms with Crippen LogP contribution in [0.5, 0.6) is 0 Å². The largest absolute Gasteiger partial charge is 0.373 e. The highest BCUT2D eigenvalue weighted by Gasteiger charge is 2.24. The molecule has 4 N–H and O–H groups in total. The Bertz CT molecular complexity index is 456. The second-order valence-corrected chi connectivity index (χ2v) is 5.54. The molecular formula is C13H23N5O. The third-order valence-electron chi connectivity index (χ3n) is 2.77. The molecule has 0 aliphatic rings. The quantitative estimate of drug-likeness (QED) is 0.728. The fourth-order valence-corrected chi connectivity index (χ4v) is 2.04. The van der Waals surface area contributed by atoms with E-state index in [-0.39, 0.29) is 18.2 Å². The van der Waals surface area contributed by atoms with Gasteiger partial charge in [0.1, 0.15) is 18.0 Å². The van der Waals surface area contributed by atoms with Gasteiger partial charge in [-0.1, -0.05) is 13.8 Å². The molecule has 19 heavy (non-hydrogen) atoms. The number of nitrogens with zero attached hydrogens (tertiary/aromatic N) is 2. The molecule has 0 saturated carbocycles. The predicted molar refractivity (Wildman–Crippen MR) is 77.2 cm³/mol. The first kappa shape index (κ1) is 15.2. The summed E-state index contributed by atoms with van der Waals surface area (Å²) < 4.78 is 0. The summed E-state index contributed by atoms with van der Waals surface area (Å²) in [6, 6.07) is 0. The third kappa shape index (κ3) is 4.08. The van der Waals surface area contributed by atoms with Crippen molar-refractivity contribution in [2.75, 3.05) is 17.7 Å². The number of hydrogen-bond donors (Lipinski definition) is 3. The molecule has 0 radical (unpaired) electrons. The molecule has 1 rings (SSSR count). The van der Waals surface area contributed by atoms with Gasteiger partial charge < -0.3 is 16.4 Å². The van der Waals surface area contributed by atoms with E-state index in [0.717, 1.165) is 17.2 Å². The van der Waals surface area contributed by atoms with Gasteiger partial charge in [0.05, 0.1) is 0 Å². The van der Waals surface area contributed by atoms with Crippen LogP contribution in [0.2, 0.25) is 0 Å². The smallest absolute Gasteiger partial charge is 0.219 e. The van der Waals surface area contributed by atoms with Crippen LogP contribution in [-0.2, 0) is 4.79 Å². The number of anilines is 2. The number of rotatable bonds is 6. The van der Waals surface area contributed by atoms with Gasteiger partial charge in [-0.25, -0.2) is 9.97 Å². The second kappa shape index (κ2) is 5.86. The highest BCUT2D eigenvalue weighted by molar-refractivity contribution is 5.75. The molecule has 1 aromatic rings. The summed E-state index contributed by atoms with van der Waals surface area (Å²) in [5.41, 5.74) is 5.81. The fourth-order valence-electron chi connectivity index (χ4n) is 2.04. The van der Waals surface area contributed by atoms with Crippen molar-refractivity contribution in [3.8, 4) is 0 Å². The van der Waals surface area contributed by atoms with Crippen LogP contribution in [-0.4, -0.2) is 28.5 Å². The minimum Gasteiger partial charge on any atom is -0.373 e. The lowest BCUT2D eigenvalue weighted by Crippen LogP contribution is -2.36. The summed E-state index contributed by atoms with van der Waals surface area (Å²) in [6.07, 6.45) is 1.74. The zero-order valence-corrected chi connectivity index (χ0v) is 12.2. The van der Waals surface area contributed by atoms with E-state index in [1.54, 1.807) is 0 Å². The molecule has 1 amide bonds. The van der Waals surface area contributed by atoms with E-state index in [0.29, 0.717) is 0 Å². The number of carbonyl (C=O) groups is 1. The Labute approximate surface area is 114 Å². The molecule has 6 nitrogen and oxygen atoms in total. The van der Waals surface area contributed by atoms with Crippen LogP contribution in [0.4, 0.5) is 11.6 Å². The van der Waals surface area contributed by atoms with Crippen molar-refractivity contribution >= 4 is 17.5 Å². The molecule has 0 spiro atoms. The number of aromatic nitrogens is 2. The maximum Gasteiger partial charge on any atom is 0.219 e.